The van der Waals surface area contributed by atoms with Gasteiger partial charge in [-0.3, -0.25) is 9.52 Å². The number of carbonyl (C=O) groups excluding carboxylic acids is 1. The number of anilines is 1. The van der Waals surface area contributed by atoms with E-state index >= 15 is 0 Å². The molecule has 0 spiro atoms. The number of benzene rings is 3. The fourth-order valence-corrected chi connectivity index (χ4v) is 7.40. The van der Waals surface area contributed by atoms with Gasteiger partial charge in [0.2, 0.25) is 0 Å². The molecule has 9 heteroatoms. The maximum Gasteiger partial charge on any atom is 0.268 e. The molecule has 0 unspecified atom stereocenters. The Morgan fingerprint density at radius 2 is 1.20 bits per heavy atom. The number of fused-ring (bicyclic) bond motifs is 1. The third kappa shape index (κ3) is 5.45. The second kappa shape index (κ2) is 9.89. The van der Waals surface area contributed by atoms with Crippen LogP contribution in [0.4, 0.5) is 5.69 Å². The Bertz CT molecular complexity index is 1820. The topological polar surface area (TPSA) is 102 Å². The normalized spacial score (nSPS) is 13.0. The van der Waals surface area contributed by atoms with E-state index in [9.17, 15) is 21.6 Å². The SMILES string of the molecule is CC(=O)c1c(C)n(S(=O)(=O)c2ccc(C(C)(C)C)cc2)c2ccc(NS(=O)(=O)c3ccc(C(C)(C)C)cc3)cc12. The molecule has 0 aliphatic heterocycles. The molecule has 0 radical (unpaired) electrons. The average Bonchev–Trinajstić information content (AvgIpc) is 3.14. The molecule has 0 saturated heterocycles. The minimum absolute atomic E-state index is 0.0964. The number of hydrogen-bond acceptors (Lipinski definition) is 5. The van der Waals surface area contributed by atoms with Gasteiger partial charge >= 0.3 is 0 Å². The van der Waals surface area contributed by atoms with Gasteiger partial charge in [-0.25, -0.2) is 20.8 Å². The van der Waals surface area contributed by atoms with Gasteiger partial charge in [0.05, 0.1) is 15.3 Å². The van der Waals surface area contributed by atoms with Crippen molar-refractivity contribution in [2.24, 2.45) is 0 Å². The number of nitrogens with one attached hydrogen (secondary N) is 1. The minimum Gasteiger partial charge on any atom is -0.294 e. The van der Waals surface area contributed by atoms with Crippen molar-refractivity contribution in [1.82, 2.24) is 3.97 Å². The highest BCUT2D eigenvalue weighted by Gasteiger charge is 2.28. The van der Waals surface area contributed by atoms with E-state index in [4.69, 9.17) is 0 Å². The monoisotopic (exact) mass is 580 g/mol. The molecular weight excluding hydrogens is 544 g/mol. The molecule has 4 aromatic rings. The summed E-state index contributed by atoms with van der Waals surface area (Å²) in [5.74, 6) is -0.322. The Balaban J connectivity index is 1.79. The molecule has 1 heterocycles. The Morgan fingerprint density at radius 3 is 1.65 bits per heavy atom. The third-order valence-electron chi connectivity index (χ3n) is 7.04. The van der Waals surface area contributed by atoms with Crippen molar-refractivity contribution < 1.29 is 21.6 Å². The van der Waals surface area contributed by atoms with Gasteiger partial charge in [0.25, 0.3) is 20.0 Å². The number of nitrogens with zero attached hydrogens (tertiary/aromatic N) is 1. The number of Topliss-reactive ketones (excluding diaryl/α,β-unsaturated/α-hetero) is 1. The van der Waals surface area contributed by atoms with Crippen molar-refractivity contribution in [3.63, 3.8) is 0 Å². The molecule has 7 nitrogen and oxygen atoms in total. The summed E-state index contributed by atoms with van der Waals surface area (Å²) in [6.07, 6.45) is 0. The van der Waals surface area contributed by atoms with E-state index in [1.807, 2.05) is 41.5 Å². The Morgan fingerprint density at radius 1 is 0.725 bits per heavy atom. The van der Waals surface area contributed by atoms with Gasteiger partial charge < -0.3 is 0 Å². The highest BCUT2D eigenvalue weighted by atomic mass is 32.2. The van der Waals surface area contributed by atoms with Crippen LogP contribution in [0.25, 0.3) is 10.9 Å². The van der Waals surface area contributed by atoms with Crippen molar-refractivity contribution in [3.05, 3.63) is 89.1 Å². The van der Waals surface area contributed by atoms with Crippen molar-refractivity contribution in [3.8, 4) is 0 Å². The molecule has 3 aromatic carbocycles. The zero-order valence-electron chi connectivity index (χ0n) is 24.2. The first-order valence-corrected chi connectivity index (χ1v) is 15.9. The molecule has 0 fully saturated rings. The van der Waals surface area contributed by atoms with E-state index in [2.05, 4.69) is 4.72 Å². The van der Waals surface area contributed by atoms with Gasteiger partial charge in [-0.05, 0) is 78.3 Å². The van der Waals surface area contributed by atoms with E-state index in [0.717, 1.165) is 15.1 Å². The fraction of sp³-hybridized carbons (Fsp3) is 0.323. The van der Waals surface area contributed by atoms with Gasteiger partial charge in [-0.2, -0.15) is 0 Å². The largest absolute Gasteiger partial charge is 0.294 e. The summed E-state index contributed by atoms with van der Waals surface area (Å²) >= 11 is 0. The number of rotatable bonds is 6. The molecule has 1 aromatic heterocycles. The first-order valence-electron chi connectivity index (χ1n) is 13.0. The van der Waals surface area contributed by atoms with Crippen molar-refractivity contribution >= 4 is 42.4 Å². The zero-order chi connectivity index (χ0) is 29.8. The Kier molecular flexibility index (Phi) is 7.30. The average molecular weight is 581 g/mol. The number of aromatic nitrogens is 1. The quantitative estimate of drug-likeness (QED) is 0.253. The fourth-order valence-electron chi connectivity index (χ4n) is 4.79. The number of ketones is 1. The Hall–Kier alpha value is -3.43. The number of carbonyl (C=O) groups is 1. The molecule has 1 N–H and O–H groups in total. The van der Waals surface area contributed by atoms with Gasteiger partial charge in [-0.1, -0.05) is 65.8 Å². The molecule has 0 aliphatic carbocycles. The van der Waals surface area contributed by atoms with Crippen LogP contribution in [-0.4, -0.2) is 26.6 Å². The highest BCUT2D eigenvalue weighted by Crippen LogP contribution is 2.34. The molecular formula is C31H36N2O5S2. The lowest BCUT2D eigenvalue weighted by Crippen LogP contribution is -2.16. The lowest BCUT2D eigenvalue weighted by Gasteiger charge is -2.19. The summed E-state index contributed by atoms with van der Waals surface area (Å²) < 4.78 is 57.6. The van der Waals surface area contributed by atoms with Crippen LogP contribution in [0.5, 0.6) is 0 Å². The minimum atomic E-state index is -4.05. The van der Waals surface area contributed by atoms with Crippen LogP contribution in [-0.2, 0) is 30.9 Å². The predicted molar refractivity (Wildman–Crippen MR) is 160 cm³/mol. The number of hydrogen-bond donors (Lipinski definition) is 1. The van der Waals surface area contributed by atoms with Crippen LogP contribution in [0.1, 0.15) is 75.6 Å². The lowest BCUT2D eigenvalue weighted by molar-refractivity contribution is 0.101. The van der Waals surface area contributed by atoms with Gasteiger partial charge in [0, 0.05) is 22.3 Å². The zero-order valence-corrected chi connectivity index (χ0v) is 25.8. The molecule has 40 heavy (non-hydrogen) atoms. The van der Waals surface area contributed by atoms with Crippen molar-refractivity contribution in [1.29, 1.82) is 0 Å². The van der Waals surface area contributed by atoms with E-state index in [1.165, 1.54) is 25.1 Å². The molecule has 0 atom stereocenters. The van der Waals surface area contributed by atoms with E-state index < -0.39 is 20.0 Å². The van der Waals surface area contributed by atoms with E-state index in [-0.39, 0.29) is 43.3 Å². The van der Waals surface area contributed by atoms with Gasteiger partial charge in [0.15, 0.2) is 5.78 Å². The molecule has 4 rings (SSSR count). The summed E-state index contributed by atoms with van der Waals surface area (Å²) in [5, 5.41) is 0.350. The summed E-state index contributed by atoms with van der Waals surface area (Å²) in [5.41, 5.74) is 2.74. The summed E-state index contributed by atoms with van der Waals surface area (Å²) in [4.78, 5) is 12.9. The van der Waals surface area contributed by atoms with Crippen molar-refractivity contribution in [2.45, 2.75) is 76.0 Å². The molecule has 0 aliphatic rings. The molecule has 0 saturated carbocycles. The van der Waals surface area contributed by atoms with Crippen LogP contribution < -0.4 is 4.72 Å². The Labute approximate surface area is 237 Å². The standard InChI is InChI=1S/C31H36N2O5S2/c1-20-29(21(2)34)27-19-24(32-39(35,36)25-14-9-22(10-15-25)30(3,4)5)13-18-28(27)33(20)40(37,38)26-16-11-23(12-17-26)31(6,7)8/h9-19,32H,1-8H3. The lowest BCUT2D eigenvalue weighted by atomic mass is 9.87. The van der Waals surface area contributed by atoms with Crippen LogP contribution >= 0.6 is 0 Å². The number of sulfonamides is 1. The maximum absolute atomic E-state index is 13.8. The third-order valence-corrected chi connectivity index (χ3v) is 10.3. The summed E-state index contributed by atoms with van der Waals surface area (Å²) in [7, 11) is -7.98. The highest BCUT2D eigenvalue weighted by molar-refractivity contribution is 7.92. The summed E-state index contributed by atoms with van der Waals surface area (Å²) in [6.45, 7) is 15.2. The van der Waals surface area contributed by atoms with Crippen LogP contribution in [0.3, 0.4) is 0 Å². The van der Waals surface area contributed by atoms with Gasteiger partial charge in [0.1, 0.15) is 0 Å². The first kappa shape index (κ1) is 29.6. The predicted octanol–water partition coefficient (Wildman–Crippen LogP) is 6.79. The van der Waals surface area contributed by atoms with Crippen molar-refractivity contribution in [2.75, 3.05) is 4.72 Å². The second-order valence-electron chi connectivity index (χ2n) is 12.2. The van der Waals surface area contributed by atoms with Gasteiger partial charge in [-0.15, -0.1) is 0 Å². The van der Waals surface area contributed by atoms with E-state index in [1.54, 1.807) is 55.5 Å². The smallest absolute Gasteiger partial charge is 0.268 e. The summed E-state index contributed by atoms with van der Waals surface area (Å²) in [6, 6.07) is 17.9. The van der Waals surface area contributed by atoms with Crippen LogP contribution in [0.15, 0.2) is 76.5 Å². The van der Waals surface area contributed by atoms with E-state index in [0.29, 0.717) is 10.9 Å². The first-order chi connectivity index (χ1) is 18.3. The second-order valence-corrected chi connectivity index (χ2v) is 15.6. The molecule has 212 valence electrons. The van der Waals surface area contributed by atoms with Crippen LogP contribution in [0, 0.1) is 6.92 Å². The maximum atomic E-state index is 13.8. The molecule has 0 amide bonds. The molecule has 0 bridgehead atoms. The van der Waals surface area contributed by atoms with Crippen LogP contribution in [0.2, 0.25) is 0 Å².